The SMILES string of the molecule is CSCC[C@@H](Nc1nc(C)cc(C)n1)C(=O)NC1CC1. The van der Waals surface area contributed by atoms with E-state index in [4.69, 9.17) is 0 Å². The Bertz CT molecular complexity index is 456. The molecule has 0 unspecified atom stereocenters. The van der Waals surface area contributed by atoms with E-state index in [9.17, 15) is 4.79 Å². The summed E-state index contributed by atoms with van der Waals surface area (Å²) in [5.74, 6) is 1.53. The summed E-state index contributed by atoms with van der Waals surface area (Å²) in [4.78, 5) is 20.9. The molecule has 1 aliphatic carbocycles. The number of aryl methyl sites for hydroxylation is 2. The molecule has 6 heteroatoms. The molecule has 1 aliphatic rings. The lowest BCUT2D eigenvalue weighted by Crippen LogP contribution is -2.41. The molecule has 2 N–H and O–H groups in total. The largest absolute Gasteiger partial charge is 0.352 e. The average molecular weight is 294 g/mol. The maximum atomic E-state index is 12.2. The summed E-state index contributed by atoms with van der Waals surface area (Å²) in [7, 11) is 0. The number of amides is 1. The zero-order chi connectivity index (χ0) is 14.5. The van der Waals surface area contributed by atoms with E-state index in [1.165, 1.54) is 0 Å². The van der Waals surface area contributed by atoms with Gasteiger partial charge in [-0.3, -0.25) is 4.79 Å². The molecule has 1 aromatic rings. The first-order chi connectivity index (χ1) is 9.58. The number of carbonyl (C=O) groups excluding carboxylic acids is 1. The van der Waals surface area contributed by atoms with Crippen molar-refractivity contribution < 1.29 is 4.79 Å². The van der Waals surface area contributed by atoms with Crippen LogP contribution in [0.15, 0.2) is 6.07 Å². The lowest BCUT2D eigenvalue weighted by atomic mass is 10.2. The summed E-state index contributed by atoms with van der Waals surface area (Å²) >= 11 is 1.74. The third-order valence-electron chi connectivity index (χ3n) is 3.14. The molecule has 1 fully saturated rings. The van der Waals surface area contributed by atoms with Gasteiger partial charge in [-0.05, 0) is 51.2 Å². The molecule has 0 aliphatic heterocycles. The number of nitrogens with one attached hydrogen (secondary N) is 2. The van der Waals surface area contributed by atoms with Gasteiger partial charge in [0, 0.05) is 17.4 Å². The number of hydrogen-bond acceptors (Lipinski definition) is 5. The average Bonchev–Trinajstić information content (AvgIpc) is 3.17. The standard InChI is InChI=1S/C14H22N4OS/c1-9-8-10(2)16-14(15-9)18-12(6-7-20-3)13(19)17-11-4-5-11/h8,11-12H,4-7H2,1-3H3,(H,17,19)(H,15,16,18)/t12-/m1/s1. The van der Waals surface area contributed by atoms with E-state index in [1.807, 2.05) is 26.2 Å². The van der Waals surface area contributed by atoms with Crippen molar-refractivity contribution in [2.24, 2.45) is 0 Å². The molecular weight excluding hydrogens is 272 g/mol. The van der Waals surface area contributed by atoms with Crippen molar-refractivity contribution in [2.45, 2.75) is 45.2 Å². The summed E-state index contributed by atoms with van der Waals surface area (Å²) in [5.41, 5.74) is 1.82. The first-order valence-electron chi connectivity index (χ1n) is 6.96. The number of rotatable bonds is 7. The van der Waals surface area contributed by atoms with E-state index in [0.717, 1.165) is 36.4 Å². The quantitative estimate of drug-likeness (QED) is 0.804. The molecule has 1 atom stereocenters. The molecule has 1 amide bonds. The van der Waals surface area contributed by atoms with Crippen molar-refractivity contribution in [2.75, 3.05) is 17.3 Å². The second-order valence-corrected chi connectivity index (χ2v) is 6.22. The van der Waals surface area contributed by atoms with E-state index in [0.29, 0.717) is 12.0 Å². The molecule has 0 bridgehead atoms. The van der Waals surface area contributed by atoms with Gasteiger partial charge in [-0.25, -0.2) is 9.97 Å². The maximum Gasteiger partial charge on any atom is 0.242 e. The predicted molar refractivity (Wildman–Crippen MR) is 83.1 cm³/mol. The lowest BCUT2D eigenvalue weighted by molar-refractivity contribution is -0.122. The zero-order valence-corrected chi connectivity index (χ0v) is 13.1. The normalized spacial score (nSPS) is 15.8. The van der Waals surface area contributed by atoms with Crippen LogP contribution in [-0.4, -0.2) is 40.0 Å². The number of hydrogen-bond donors (Lipinski definition) is 2. The topological polar surface area (TPSA) is 66.9 Å². The monoisotopic (exact) mass is 294 g/mol. The van der Waals surface area contributed by atoms with Crippen LogP contribution >= 0.6 is 11.8 Å². The van der Waals surface area contributed by atoms with Gasteiger partial charge in [-0.15, -0.1) is 0 Å². The molecule has 0 aromatic carbocycles. The van der Waals surface area contributed by atoms with Gasteiger partial charge >= 0.3 is 0 Å². The fourth-order valence-electron chi connectivity index (χ4n) is 1.98. The van der Waals surface area contributed by atoms with Gasteiger partial charge in [0.05, 0.1) is 0 Å². The number of carbonyl (C=O) groups is 1. The minimum absolute atomic E-state index is 0.0595. The Morgan fingerprint density at radius 3 is 2.60 bits per heavy atom. The molecule has 1 aromatic heterocycles. The van der Waals surface area contributed by atoms with Crippen molar-refractivity contribution >= 4 is 23.6 Å². The third kappa shape index (κ3) is 4.67. The van der Waals surface area contributed by atoms with E-state index in [-0.39, 0.29) is 11.9 Å². The Morgan fingerprint density at radius 2 is 2.05 bits per heavy atom. The first kappa shape index (κ1) is 15.1. The molecule has 110 valence electrons. The molecule has 0 saturated heterocycles. The third-order valence-corrected chi connectivity index (χ3v) is 3.78. The summed E-state index contributed by atoms with van der Waals surface area (Å²) in [6, 6.07) is 2.04. The summed E-state index contributed by atoms with van der Waals surface area (Å²) < 4.78 is 0. The van der Waals surface area contributed by atoms with Crippen molar-refractivity contribution in [3.8, 4) is 0 Å². The minimum Gasteiger partial charge on any atom is -0.352 e. The van der Waals surface area contributed by atoms with Gasteiger partial charge in [0.15, 0.2) is 0 Å². The Balaban J connectivity index is 2.02. The molecule has 1 saturated carbocycles. The Morgan fingerprint density at radius 1 is 1.40 bits per heavy atom. The lowest BCUT2D eigenvalue weighted by Gasteiger charge is -2.18. The van der Waals surface area contributed by atoms with Crippen molar-refractivity contribution in [3.05, 3.63) is 17.5 Å². The molecular formula is C14H22N4OS. The fourth-order valence-corrected chi connectivity index (χ4v) is 2.45. The highest BCUT2D eigenvalue weighted by atomic mass is 32.2. The van der Waals surface area contributed by atoms with Crippen LogP contribution in [0.1, 0.15) is 30.7 Å². The van der Waals surface area contributed by atoms with Crippen LogP contribution in [0.5, 0.6) is 0 Å². The van der Waals surface area contributed by atoms with Gasteiger partial charge in [-0.1, -0.05) is 0 Å². The van der Waals surface area contributed by atoms with E-state index in [2.05, 4.69) is 20.6 Å². The van der Waals surface area contributed by atoms with Crippen LogP contribution in [0, 0.1) is 13.8 Å². The van der Waals surface area contributed by atoms with Crippen molar-refractivity contribution in [1.29, 1.82) is 0 Å². The minimum atomic E-state index is -0.260. The highest BCUT2D eigenvalue weighted by Crippen LogP contribution is 2.19. The van der Waals surface area contributed by atoms with Gasteiger partial charge < -0.3 is 10.6 Å². The Hall–Kier alpha value is -1.30. The summed E-state index contributed by atoms with van der Waals surface area (Å²) in [6.45, 7) is 3.86. The molecule has 2 rings (SSSR count). The van der Waals surface area contributed by atoms with Crippen LogP contribution in [-0.2, 0) is 4.79 Å². The van der Waals surface area contributed by atoms with Crippen LogP contribution in [0.4, 0.5) is 5.95 Å². The Labute approximate surface area is 124 Å². The number of nitrogens with zero attached hydrogens (tertiary/aromatic N) is 2. The molecule has 0 radical (unpaired) electrons. The van der Waals surface area contributed by atoms with Crippen LogP contribution in [0.25, 0.3) is 0 Å². The highest BCUT2D eigenvalue weighted by Gasteiger charge is 2.27. The van der Waals surface area contributed by atoms with Gasteiger partial charge in [0.1, 0.15) is 6.04 Å². The van der Waals surface area contributed by atoms with Gasteiger partial charge in [0.2, 0.25) is 11.9 Å². The Kier molecular flexibility index (Phi) is 5.23. The predicted octanol–water partition coefficient (Wildman–Crippen LogP) is 1.91. The van der Waals surface area contributed by atoms with E-state index in [1.54, 1.807) is 11.8 Å². The van der Waals surface area contributed by atoms with Crippen LogP contribution in [0.2, 0.25) is 0 Å². The number of thioether (sulfide) groups is 1. The second kappa shape index (κ2) is 6.92. The summed E-state index contributed by atoms with van der Waals surface area (Å²) in [6.07, 6.45) is 5.02. The maximum absolute atomic E-state index is 12.2. The highest BCUT2D eigenvalue weighted by molar-refractivity contribution is 7.98. The van der Waals surface area contributed by atoms with E-state index < -0.39 is 0 Å². The van der Waals surface area contributed by atoms with Crippen molar-refractivity contribution in [3.63, 3.8) is 0 Å². The van der Waals surface area contributed by atoms with Gasteiger partial charge in [-0.2, -0.15) is 11.8 Å². The van der Waals surface area contributed by atoms with E-state index >= 15 is 0 Å². The number of aromatic nitrogens is 2. The molecule has 5 nitrogen and oxygen atoms in total. The zero-order valence-electron chi connectivity index (χ0n) is 12.3. The van der Waals surface area contributed by atoms with Crippen molar-refractivity contribution in [1.82, 2.24) is 15.3 Å². The molecule has 0 spiro atoms. The molecule has 1 heterocycles. The smallest absolute Gasteiger partial charge is 0.242 e. The van der Waals surface area contributed by atoms with Gasteiger partial charge in [0.25, 0.3) is 0 Å². The first-order valence-corrected chi connectivity index (χ1v) is 8.36. The summed E-state index contributed by atoms with van der Waals surface area (Å²) in [5, 5.41) is 6.23. The van der Waals surface area contributed by atoms with Crippen LogP contribution in [0.3, 0.4) is 0 Å². The number of anilines is 1. The van der Waals surface area contributed by atoms with Crippen LogP contribution < -0.4 is 10.6 Å². The molecule has 20 heavy (non-hydrogen) atoms. The second-order valence-electron chi connectivity index (χ2n) is 5.24. The fraction of sp³-hybridized carbons (Fsp3) is 0.643.